The number of carbonyl (C=O) groups excluding carboxylic acids is 1. The van der Waals surface area contributed by atoms with Gasteiger partial charge in [-0.1, -0.05) is 49.4 Å². The summed E-state index contributed by atoms with van der Waals surface area (Å²) in [6.07, 6.45) is 5.36. The van der Waals surface area contributed by atoms with Crippen molar-refractivity contribution in [2.75, 3.05) is 5.32 Å². The number of nitrogens with one attached hydrogen (secondary N) is 1. The highest BCUT2D eigenvalue weighted by molar-refractivity contribution is 5.91. The summed E-state index contributed by atoms with van der Waals surface area (Å²) >= 11 is 0. The van der Waals surface area contributed by atoms with Gasteiger partial charge in [-0.3, -0.25) is 4.79 Å². The molecule has 0 aliphatic carbocycles. The van der Waals surface area contributed by atoms with Crippen LogP contribution in [0.3, 0.4) is 0 Å². The van der Waals surface area contributed by atoms with Crippen molar-refractivity contribution in [3.63, 3.8) is 0 Å². The van der Waals surface area contributed by atoms with E-state index in [1.165, 1.54) is 5.56 Å². The Morgan fingerprint density at radius 2 is 1.75 bits per heavy atom. The van der Waals surface area contributed by atoms with Gasteiger partial charge >= 0.3 is 0 Å². The van der Waals surface area contributed by atoms with Crippen molar-refractivity contribution in [2.24, 2.45) is 0 Å². The van der Waals surface area contributed by atoms with Crippen molar-refractivity contribution in [3.05, 3.63) is 90.3 Å². The monoisotopic (exact) mass is 318 g/mol. The molecule has 1 N–H and O–H groups in total. The van der Waals surface area contributed by atoms with Gasteiger partial charge in [-0.25, -0.2) is 0 Å². The second-order valence-electron chi connectivity index (χ2n) is 5.86. The number of rotatable bonds is 6. The minimum Gasteiger partial charge on any atom is -0.346 e. The first-order chi connectivity index (χ1) is 11.8. The summed E-state index contributed by atoms with van der Waals surface area (Å²) in [5, 5.41) is 3.03. The van der Waals surface area contributed by atoms with E-state index < -0.39 is 0 Å². The van der Waals surface area contributed by atoms with E-state index >= 15 is 0 Å². The van der Waals surface area contributed by atoms with E-state index in [1.807, 2.05) is 60.9 Å². The Morgan fingerprint density at radius 3 is 2.46 bits per heavy atom. The van der Waals surface area contributed by atoms with Gasteiger partial charge in [-0.15, -0.1) is 0 Å². The molecule has 3 heteroatoms. The first-order valence-electron chi connectivity index (χ1n) is 8.32. The molecule has 0 radical (unpaired) electrons. The lowest BCUT2D eigenvalue weighted by atomic mass is 10.0. The van der Waals surface area contributed by atoms with Crippen LogP contribution in [0.2, 0.25) is 0 Å². The second-order valence-corrected chi connectivity index (χ2v) is 5.86. The number of hydrogen-bond acceptors (Lipinski definition) is 1. The van der Waals surface area contributed by atoms with Gasteiger partial charge in [-0.2, -0.15) is 0 Å². The Morgan fingerprint density at radius 1 is 1.00 bits per heavy atom. The molecule has 3 rings (SSSR count). The highest BCUT2D eigenvalue weighted by Gasteiger charge is 2.17. The highest BCUT2D eigenvalue weighted by Crippen LogP contribution is 2.23. The maximum Gasteiger partial charge on any atom is 0.226 e. The van der Waals surface area contributed by atoms with Crippen LogP contribution < -0.4 is 5.32 Å². The van der Waals surface area contributed by atoms with Crippen LogP contribution in [0.1, 0.15) is 30.5 Å². The maximum atomic E-state index is 12.6. The van der Waals surface area contributed by atoms with Gasteiger partial charge in [0.15, 0.2) is 0 Å². The largest absolute Gasteiger partial charge is 0.346 e. The van der Waals surface area contributed by atoms with Crippen LogP contribution in [0.25, 0.3) is 0 Å². The van der Waals surface area contributed by atoms with E-state index in [2.05, 4.69) is 35.0 Å². The molecule has 0 saturated heterocycles. The molecular weight excluding hydrogens is 296 g/mol. The van der Waals surface area contributed by atoms with Crippen LogP contribution in [0.4, 0.5) is 5.69 Å². The Kier molecular flexibility index (Phi) is 5.12. The summed E-state index contributed by atoms with van der Waals surface area (Å²) in [7, 11) is 0. The fourth-order valence-electron chi connectivity index (χ4n) is 2.88. The first-order valence-corrected chi connectivity index (χ1v) is 8.32. The summed E-state index contributed by atoms with van der Waals surface area (Å²) in [6, 6.07) is 22.1. The van der Waals surface area contributed by atoms with Gasteiger partial charge in [0, 0.05) is 18.1 Å². The van der Waals surface area contributed by atoms with Crippen LogP contribution >= 0.6 is 0 Å². The van der Waals surface area contributed by atoms with E-state index in [4.69, 9.17) is 0 Å². The molecular formula is C21H22N2O. The third-order valence-electron chi connectivity index (χ3n) is 4.17. The maximum absolute atomic E-state index is 12.6. The summed E-state index contributed by atoms with van der Waals surface area (Å²) in [6.45, 7) is 2.11. The van der Waals surface area contributed by atoms with Gasteiger partial charge < -0.3 is 9.88 Å². The average Bonchev–Trinajstić information content (AvgIpc) is 3.15. The van der Waals surface area contributed by atoms with Crippen molar-refractivity contribution in [3.8, 4) is 0 Å². The smallest absolute Gasteiger partial charge is 0.226 e. The number of hydrogen-bond donors (Lipinski definition) is 1. The average molecular weight is 318 g/mol. The molecule has 0 bridgehead atoms. The molecule has 0 saturated carbocycles. The molecule has 122 valence electrons. The predicted molar refractivity (Wildman–Crippen MR) is 98.1 cm³/mol. The molecule has 0 unspecified atom stereocenters. The Hall–Kier alpha value is -2.81. The minimum absolute atomic E-state index is 0.00411. The van der Waals surface area contributed by atoms with Crippen molar-refractivity contribution in [2.45, 2.75) is 25.8 Å². The lowest BCUT2D eigenvalue weighted by Crippen LogP contribution is -2.19. The predicted octanol–water partition coefficient (Wildman–Crippen LogP) is 4.67. The molecule has 0 fully saturated rings. The van der Waals surface area contributed by atoms with Crippen molar-refractivity contribution in [1.29, 1.82) is 0 Å². The molecule has 1 aromatic heterocycles. The van der Waals surface area contributed by atoms with Crippen LogP contribution in [0.5, 0.6) is 0 Å². The van der Waals surface area contributed by atoms with E-state index in [0.717, 1.165) is 17.7 Å². The van der Waals surface area contributed by atoms with Gasteiger partial charge in [0.25, 0.3) is 0 Å². The fraction of sp³-hybridized carbons (Fsp3) is 0.190. The Labute approximate surface area is 143 Å². The van der Waals surface area contributed by atoms with Crippen LogP contribution in [0, 0.1) is 0 Å². The summed E-state index contributed by atoms with van der Waals surface area (Å²) < 4.78 is 2.08. The number of amides is 1. The zero-order valence-corrected chi connectivity index (χ0v) is 13.9. The molecule has 0 aliphatic rings. The summed E-state index contributed by atoms with van der Waals surface area (Å²) in [5.41, 5.74) is 3.21. The summed E-state index contributed by atoms with van der Waals surface area (Å²) in [4.78, 5) is 12.6. The van der Waals surface area contributed by atoms with Gasteiger partial charge in [0.2, 0.25) is 5.91 Å². The SMILES string of the molecule is CCc1cccc(NC(=O)C[C@H](c2ccccc2)n2cccc2)c1. The number of aryl methyl sites for hydroxylation is 1. The number of aromatic nitrogens is 1. The molecule has 2 aromatic carbocycles. The molecule has 0 aliphatic heterocycles. The molecule has 1 heterocycles. The lowest BCUT2D eigenvalue weighted by molar-refractivity contribution is -0.116. The van der Waals surface area contributed by atoms with E-state index in [-0.39, 0.29) is 11.9 Å². The quantitative estimate of drug-likeness (QED) is 0.704. The van der Waals surface area contributed by atoms with Crippen molar-refractivity contribution in [1.82, 2.24) is 4.57 Å². The number of carbonyl (C=O) groups is 1. The molecule has 24 heavy (non-hydrogen) atoms. The van der Waals surface area contributed by atoms with Crippen molar-refractivity contribution >= 4 is 11.6 Å². The van der Waals surface area contributed by atoms with Crippen molar-refractivity contribution < 1.29 is 4.79 Å². The van der Waals surface area contributed by atoms with Crippen LogP contribution in [-0.2, 0) is 11.2 Å². The Bertz CT molecular complexity index is 779. The normalized spacial score (nSPS) is 11.9. The Balaban J connectivity index is 1.76. The molecule has 1 atom stereocenters. The molecule has 0 spiro atoms. The topological polar surface area (TPSA) is 34.0 Å². The minimum atomic E-state index is -0.00411. The van der Waals surface area contributed by atoms with E-state index in [0.29, 0.717) is 6.42 Å². The standard InChI is InChI=1S/C21H22N2O/c1-2-17-9-8-12-19(15-17)22-21(24)16-20(23-13-6-7-14-23)18-10-4-3-5-11-18/h3-15,20H,2,16H2,1H3,(H,22,24)/t20-/m1/s1. The lowest BCUT2D eigenvalue weighted by Gasteiger charge is -2.19. The third-order valence-corrected chi connectivity index (χ3v) is 4.17. The number of nitrogens with zero attached hydrogens (tertiary/aromatic N) is 1. The third kappa shape index (κ3) is 3.93. The number of anilines is 1. The van der Waals surface area contributed by atoms with Gasteiger partial charge in [0.1, 0.15) is 0 Å². The van der Waals surface area contributed by atoms with E-state index in [1.54, 1.807) is 0 Å². The van der Waals surface area contributed by atoms with Gasteiger partial charge in [0.05, 0.1) is 12.5 Å². The zero-order valence-electron chi connectivity index (χ0n) is 13.9. The van der Waals surface area contributed by atoms with Crippen LogP contribution in [0.15, 0.2) is 79.1 Å². The second kappa shape index (κ2) is 7.64. The highest BCUT2D eigenvalue weighted by atomic mass is 16.1. The molecule has 1 amide bonds. The van der Waals surface area contributed by atoms with E-state index in [9.17, 15) is 4.79 Å². The number of benzene rings is 2. The zero-order chi connectivity index (χ0) is 16.8. The summed E-state index contributed by atoms with van der Waals surface area (Å²) in [5.74, 6) is 0.0193. The molecule has 3 aromatic rings. The van der Waals surface area contributed by atoms with Crippen LogP contribution in [-0.4, -0.2) is 10.5 Å². The fourth-order valence-corrected chi connectivity index (χ4v) is 2.88. The molecule has 3 nitrogen and oxygen atoms in total. The van der Waals surface area contributed by atoms with Gasteiger partial charge in [-0.05, 0) is 41.8 Å². The first kappa shape index (κ1) is 16.1.